The highest BCUT2D eigenvalue weighted by molar-refractivity contribution is 6.05. The number of amides is 1. The Morgan fingerprint density at radius 1 is 1.35 bits per heavy atom. The lowest BCUT2D eigenvalue weighted by molar-refractivity contribution is 0.102. The number of anilines is 1. The van der Waals surface area contributed by atoms with Crippen molar-refractivity contribution in [1.82, 2.24) is 14.7 Å². The highest BCUT2D eigenvalue weighted by Crippen LogP contribution is 2.25. The highest BCUT2D eigenvalue weighted by Gasteiger charge is 2.19. The molecule has 1 N–H and O–H groups in total. The predicted molar refractivity (Wildman–Crippen MR) is 99.2 cm³/mol. The molecule has 0 aliphatic carbocycles. The summed E-state index contributed by atoms with van der Waals surface area (Å²) in [6.45, 7) is 4.74. The first-order valence-corrected chi connectivity index (χ1v) is 9.08. The molecule has 26 heavy (non-hydrogen) atoms. The summed E-state index contributed by atoms with van der Waals surface area (Å²) in [7, 11) is 0. The molecular formula is C20H22N4O2. The average molecular weight is 350 g/mol. The number of hydrogen-bond acceptors (Lipinski definition) is 4. The SMILES string of the molecule is CCc1noc(C)c1C(=O)Nc1cccc(-c2cn3c(n2)CCCC3)c1. The molecule has 0 saturated carbocycles. The summed E-state index contributed by atoms with van der Waals surface area (Å²) in [5, 5.41) is 6.91. The summed E-state index contributed by atoms with van der Waals surface area (Å²) in [6, 6.07) is 7.79. The minimum absolute atomic E-state index is 0.193. The standard InChI is InChI=1S/C20H22N4O2/c1-3-16-19(13(2)26-23-16)20(25)21-15-8-6-7-14(11-15)17-12-24-10-5-4-9-18(24)22-17/h6-8,11-12H,3-5,9-10H2,1-2H3,(H,21,25). The monoisotopic (exact) mass is 350 g/mol. The maximum absolute atomic E-state index is 12.7. The zero-order valence-electron chi connectivity index (χ0n) is 15.1. The number of imidazole rings is 1. The Balaban J connectivity index is 1.59. The van der Waals surface area contributed by atoms with Crippen molar-refractivity contribution in [2.75, 3.05) is 5.32 Å². The Bertz CT molecular complexity index is 931. The second-order valence-electron chi connectivity index (χ2n) is 6.64. The molecule has 1 aromatic carbocycles. The van der Waals surface area contributed by atoms with E-state index in [1.165, 1.54) is 12.8 Å². The van der Waals surface area contributed by atoms with Gasteiger partial charge in [0.2, 0.25) is 0 Å². The fraction of sp³-hybridized carbons (Fsp3) is 0.350. The molecule has 0 bridgehead atoms. The van der Waals surface area contributed by atoms with Crippen molar-refractivity contribution in [2.45, 2.75) is 46.1 Å². The largest absolute Gasteiger partial charge is 0.361 e. The number of carbonyl (C=O) groups is 1. The third-order valence-electron chi connectivity index (χ3n) is 4.82. The summed E-state index contributed by atoms with van der Waals surface area (Å²) >= 11 is 0. The number of hydrogen-bond donors (Lipinski definition) is 1. The molecule has 0 fully saturated rings. The number of aromatic nitrogens is 3. The van der Waals surface area contributed by atoms with Gasteiger partial charge in [0.05, 0.1) is 11.4 Å². The molecule has 1 amide bonds. The van der Waals surface area contributed by atoms with Gasteiger partial charge in [-0.2, -0.15) is 0 Å². The van der Waals surface area contributed by atoms with Crippen LogP contribution >= 0.6 is 0 Å². The van der Waals surface area contributed by atoms with Crippen LogP contribution in [0, 0.1) is 6.92 Å². The van der Waals surface area contributed by atoms with E-state index in [1.807, 2.05) is 31.2 Å². The van der Waals surface area contributed by atoms with E-state index < -0.39 is 0 Å². The molecule has 0 unspecified atom stereocenters. The van der Waals surface area contributed by atoms with Gasteiger partial charge in [-0.05, 0) is 38.3 Å². The van der Waals surface area contributed by atoms with Crippen LogP contribution in [0.5, 0.6) is 0 Å². The number of benzene rings is 1. The van der Waals surface area contributed by atoms with Gasteiger partial charge < -0.3 is 14.4 Å². The fourth-order valence-electron chi connectivity index (χ4n) is 3.45. The minimum atomic E-state index is -0.193. The number of nitrogens with zero attached hydrogens (tertiary/aromatic N) is 3. The van der Waals surface area contributed by atoms with E-state index in [2.05, 4.69) is 21.2 Å². The summed E-state index contributed by atoms with van der Waals surface area (Å²) in [4.78, 5) is 17.4. The number of rotatable bonds is 4. The van der Waals surface area contributed by atoms with Crippen molar-refractivity contribution in [3.8, 4) is 11.3 Å². The molecule has 3 heterocycles. The Labute approximate surface area is 152 Å². The summed E-state index contributed by atoms with van der Waals surface area (Å²) in [5.41, 5.74) is 3.89. The van der Waals surface area contributed by atoms with E-state index in [-0.39, 0.29) is 5.91 Å². The predicted octanol–water partition coefficient (Wildman–Crippen LogP) is 4.00. The van der Waals surface area contributed by atoms with Gasteiger partial charge in [0, 0.05) is 30.4 Å². The first-order valence-electron chi connectivity index (χ1n) is 9.08. The lowest BCUT2D eigenvalue weighted by atomic mass is 10.1. The average Bonchev–Trinajstić information content (AvgIpc) is 3.25. The first-order chi connectivity index (χ1) is 12.7. The van der Waals surface area contributed by atoms with Crippen LogP contribution in [-0.2, 0) is 19.4 Å². The van der Waals surface area contributed by atoms with E-state index in [4.69, 9.17) is 9.51 Å². The summed E-state index contributed by atoms with van der Waals surface area (Å²) in [6.07, 6.45) is 6.19. The van der Waals surface area contributed by atoms with Crippen molar-refractivity contribution in [1.29, 1.82) is 0 Å². The summed E-state index contributed by atoms with van der Waals surface area (Å²) in [5.74, 6) is 1.49. The number of aryl methyl sites for hydroxylation is 4. The van der Waals surface area contributed by atoms with Gasteiger partial charge in [0.25, 0.3) is 5.91 Å². The molecule has 2 aromatic heterocycles. The normalized spacial score (nSPS) is 13.5. The molecule has 1 aliphatic rings. The second kappa shape index (κ2) is 6.78. The van der Waals surface area contributed by atoms with Crippen LogP contribution in [0.4, 0.5) is 5.69 Å². The van der Waals surface area contributed by atoms with Crippen LogP contribution in [0.3, 0.4) is 0 Å². The zero-order chi connectivity index (χ0) is 18.1. The lowest BCUT2D eigenvalue weighted by Gasteiger charge is -2.11. The molecule has 134 valence electrons. The van der Waals surface area contributed by atoms with E-state index in [0.717, 1.165) is 35.7 Å². The van der Waals surface area contributed by atoms with Crippen molar-refractivity contribution in [2.24, 2.45) is 0 Å². The molecule has 0 saturated heterocycles. The van der Waals surface area contributed by atoms with Crippen molar-refractivity contribution >= 4 is 11.6 Å². The van der Waals surface area contributed by atoms with Gasteiger partial charge in [-0.1, -0.05) is 24.2 Å². The zero-order valence-corrected chi connectivity index (χ0v) is 15.1. The molecule has 3 aromatic rings. The smallest absolute Gasteiger partial charge is 0.261 e. The lowest BCUT2D eigenvalue weighted by Crippen LogP contribution is -2.14. The van der Waals surface area contributed by atoms with Gasteiger partial charge in [0.1, 0.15) is 17.1 Å². The minimum Gasteiger partial charge on any atom is -0.361 e. The third-order valence-corrected chi connectivity index (χ3v) is 4.82. The van der Waals surface area contributed by atoms with Crippen LogP contribution in [0.25, 0.3) is 11.3 Å². The second-order valence-corrected chi connectivity index (χ2v) is 6.64. The van der Waals surface area contributed by atoms with Crippen LogP contribution < -0.4 is 5.32 Å². The molecule has 6 nitrogen and oxygen atoms in total. The third kappa shape index (κ3) is 3.03. The molecule has 0 atom stereocenters. The van der Waals surface area contributed by atoms with Crippen molar-refractivity contribution in [3.05, 3.63) is 53.3 Å². The Kier molecular flexibility index (Phi) is 4.32. The quantitative estimate of drug-likeness (QED) is 0.772. The van der Waals surface area contributed by atoms with Gasteiger partial charge >= 0.3 is 0 Å². The van der Waals surface area contributed by atoms with Crippen molar-refractivity contribution in [3.63, 3.8) is 0 Å². The van der Waals surface area contributed by atoms with E-state index in [9.17, 15) is 4.79 Å². The molecule has 4 rings (SSSR count). The highest BCUT2D eigenvalue weighted by atomic mass is 16.5. The van der Waals surface area contributed by atoms with E-state index in [0.29, 0.717) is 23.4 Å². The summed E-state index contributed by atoms with van der Waals surface area (Å²) < 4.78 is 7.40. The maximum atomic E-state index is 12.7. The van der Waals surface area contributed by atoms with Gasteiger partial charge in [-0.15, -0.1) is 0 Å². The Morgan fingerprint density at radius 3 is 3.04 bits per heavy atom. The van der Waals surface area contributed by atoms with E-state index >= 15 is 0 Å². The maximum Gasteiger partial charge on any atom is 0.261 e. The van der Waals surface area contributed by atoms with Crippen LogP contribution in [0.1, 0.15) is 47.4 Å². The Morgan fingerprint density at radius 2 is 2.23 bits per heavy atom. The molecule has 0 spiro atoms. The van der Waals surface area contributed by atoms with Crippen LogP contribution in [0.2, 0.25) is 0 Å². The van der Waals surface area contributed by atoms with Crippen LogP contribution in [0.15, 0.2) is 35.0 Å². The topological polar surface area (TPSA) is 73.0 Å². The Hall–Kier alpha value is -2.89. The van der Waals surface area contributed by atoms with Crippen molar-refractivity contribution < 1.29 is 9.32 Å². The van der Waals surface area contributed by atoms with Gasteiger partial charge in [0.15, 0.2) is 0 Å². The first kappa shape index (κ1) is 16.6. The van der Waals surface area contributed by atoms with Crippen LogP contribution in [-0.4, -0.2) is 20.6 Å². The number of nitrogens with one attached hydrogen (secondary N) is 1. The molecule has 6 heteroatoms. The number of fused-ring (bicyclic) bond motifs is 1. The van der Waals surface area contributed by atoms with Gasteiger partial charge in [-0.3, -0.25) is 4.79 Å². The fourth-order valence-corrected chi connectivity index (χ4v) is 3.45. The van der Waals surface area contributed by atoms with Gasteiger partial charge in [-0.25, -0.2) is 4.98 Å². The molecule has 0 radical (unpaired) electrons. The number of carbonyl (C=O) groups excluding carboxylic acids is 1. The molecular weight excluding hydrogens is 328 g/mol. The molecule has 1 aliphatic heterocycles. The van der Waals surface area contributed by atoms with E-state index in [1.54, 1.807) is 6.92 Å².